The first-order chi connectivity index (χ1) is 7.12. The zero-order valence-electron chi connectivity index (χ0n) is 10.9. The van der Waals surface area contributed by atoms with E-state index < -0.39 is 5.57 Å². The van der Waals surface area contributed by atoms with Gasteiger partial charge < -0.3 is 0 Å². The smallest absolute Gasteiger partial charge is 0.119 e. The van der Waals surface area contributed by atoms with Crippen LogP contribution in [0.4, 0.5) is 0 Å². The number of hydrogen-bond donors (Lipinski definition) is 0. The van der Waals surface area contributed by atoms with Crippen LogP contribution < -0.4 is 0 Å². The molecule has 0 saturated heterocycles. The first-order valence-corrected chi connectivity index (χ1v) is 12.8. The second-order valence-electron chi connectivity index (χ2n) is 5.03. The molecule has 0 saturated carbocycles. The lowest BCUT2D eigenvalue weighted by Crippen LogP contribution is -2.20. The van der Waals surface area contributed by atoms with Crippen LogP contribution in [-0.2, 0) is 0 Å². The van der Waals surface area contributed by atoms with E-state index in [1.165, 1.54) is 51.4 Å². The van der Waals surface area contributed by atoms with Crippen LogP contribution >= 0.6 is 21.8 Å². The first kappa shape index (κ1) is 15.9. The lowest BCUT2D eigenvalue weighted by molar-refractivity contribution is 0.685. The van der Waals surface area contributed by atoms with E-state index in [9.17, 15) is 0 Å². The Morgan fingerprint density at radius 2 is 1.13 bits per heavy atom. The van der Waals surface area contributed by atoms with Gasteiger partial charge in [0.2, 0.25) is 0 Å². The fraction of sp³-hybridized carbons (Fsp3) is 1.00. The van der Waals surface area contributed by atoms with E-state index in [0.717, 1.165) is 0 Å². The monoisotopic (exact) mass is 340 g/mol. The molecular weight excluding hydrogens is 311 g/mol. The Morgan fingerprint density at radius 3 is 1.47 bits per heavy atom. The molecule has 0 aliphatic rings. The molecule has 0 amide bonds. The number of rotatable bonds is 10. The number of hydrogen-bond acceptors (Lipinski definition) is 0. The Labute approximate surface area is 111 Å². The predicted molar refractivity (Wildman–Crippen MR) is 83.5 cm³/mol. The highest BCUT2D eigenvalue weighted by molar-refractivity contribution is 14.1. The van der Waals surface area contributed by atoms with Gasteiger partial charge in [-0.15, -0.1) is 21.8 Å². The molecule has 0 atom stereocenters. The van der Waals surface area contributed by atoms with Gasteiger partial charge in [-0.3, -0.25) is 0 Å². The minimum atomic E-state index is -0.833. The molecule has 0 aliphatic heterocycles. The maximum absolute atomic E-state index is 2.82. The topological polar surface area (TPSA) is 0 Å². The summed E-state index contributed by atoms with van der Waals surface area (Å²) in [7, 11) is 0. The van der Waals surface area contributed by atoms with Gasteiger partial charge in [0.15, 0.2) is 0 Å². The van der Waals surface area contributed by atoms with E-state index >= 15 is 0 Å². The van der Waals surface area contributed by atoms with Crippen molar-refractivity contribution in [2.75, 3.05) is 0 Å². The van der Waals surface area contributed by atoms with Crippen molar-refractivity contribution in [2.45, 2.75) is 83.8 Å². The van der Waals surface area contributed by atoms with Gasteiger partial charge in [0.05, 0.1) is 0 Å². The van der Waals surface area contributed by atoms with Gasteiger partial charge in [0.25, 0.3) is 0 Å². The highest BCUT2D eigenvalue weighted by atomic mass is 127. The molecule has 92 valence electrons. The van der Waals surface area contributed by atoms with Crippen molar-refractivity contribution in [1.29, 1.82) is 0 Å². The Bertz CT molecular complexity index is 120. The third kappa shape index (κ3) is 11.2. The first-order valence-electron chi connectivity index (χ1n) is 6.81. The van der Waals surface area contributed by atoms with E-state index in [-0.39, 0.29) is 0 Å². The maximum Gasteiger partial charge on any atom is 0.122 e. The molecule has 0 N–H and O–H groups in total. The standard InChI is InChI=1S/C13H29ISi/c1-4-6-8-10-12-15(3,14)13-11-9-7-5-2/h4-13H2,1-3H3. The molecular formula is C13H29ISi. The molecule has 0 bridgehead atoms. The zero-order valence-corrected chi connectivity index (χ0v) is 14.1. The molecule has 15 heavy (non-hydrogen) atoms. The van der Waals surface area contributed by atoms with Crippen molar-refractivity contribution in [2.24, 2.45) is 0 Å². The molecule has 0 aromatic carbocycles. The second kappa shape index (κ2) is 10.1. The summed E-state index contributed by atoms with van der Waals surface area (Å²) in [6.45, 7) is 7.17. The van der Waals surface area contributed by atoms with Crippen LogP contribution in [0.25, 0.3) is 0 Å². The molecule has 0 spiro atoms. The summed E-state index contributed by atoms with van der Waals surface area (Å²) in [4.78, 5) is 0. The van der Waals surface area contributed by atoms with Gasteiger partial charge >= 0.3 is 0 Å². The predicted octanol–water partition coefficient (Wildman–Crippen LogP) is 6.16. The molecule has 2 heteroatoms. The summed E-state index contributed by atoms with van der Waals surface area (Å²) in [5, 5.41) is 0. The van der Waals surface area contributed by atoms with Crippen LogP contribution in [0, 0.1) is 0 Å². The Kier molecular flexibility index (Phi) is 10.8. The Hall–Kier alpha value is 0.947. The minimum absolute atomic E-state index is 0.833. The van der Waals surface area contributed by atoms with Gasteiger partial charge in [-0.05, 0) is 12.1 Å². The molecule has 0 radical (unpaired) electrons. The van der Waals surface area contributed by atoms with Crippen LogP contribution in [0.1, 0.15) is 65.2 Å². The van der Waals surface area contributed by atoms with E-state index in [4.69, 9.17) is 0 Å². The van der Waals surface area contributed by atoms with E-state index in [2.05, 4.69) is 42.2 Å². The van der Waals surface area contributed by atoms with E-state index in [1.54, 1.807) is 12.1 Å². The summed E-state index contributed by atoms with van der Waals surface area (Å²) in [6, 6.07) is 3.11. The molecule has 0 heterocycles. The largest absolute Gasteiger partial charge is 0.122 e. The van der Waals surface area contributed by atoms with E-state index in [0.29, 0.717) is 0 Å². The zero-order chi connectivity index (χ0) is 11.6. The van der Waals surface area contributed by atoms with Crippen LogP contribution in [0.2, 0.25) is 18.6 Å². The minimum Gasteiger partial charge on any atom is -0.119 e. The van der Waals surface area contributed by atoms with Gasteiger partial charge in [-0.1, -0.05) is 71.8 Å². The second-order valence-corrected chi connectivity index (χ2v) is 16.7. The number of halogens is 1. The summed E-state index contributed by atoms with van der Waals surface area (Å²) in [5.74, 6) is 0. The molecule has 0 aliphatic carbocycles. The van der Waals surface area contributed by atoms with Crippen molar-refractivity contribution in [3.05, 3.63) is 0 Å². The molecule has 0 aromatic rings. The normalized spacial score (nSPS) is 12.0. The van der Waals surface area contributed by atoms with Crippen LogP contribution in [-0.4, -0.2) is 5.57 Å². The fourth-order valence-corrected chi connectivity index (χ4v) is 6.48. The van der Waals surface area contributed by atoms with Gasteiger partial charge in [0, 0.05) is 0 Å². The van der Waals surface area contributed by atoms with Crippen LogP contribution in [0.15, 0.2) is 0 Å². The van der Waals surface area contributed by atoms with Crippen LogP contribution in [0.3, 0.4) is 0 Å². The maximum atomic E-state index is 2.82. The SMILES string of the molecule is CCCCCC[Si](C)(I)CCCCCC. The Morgan fingerprint density at radius 1 is 0.733 bits per heavy atom. The molecule has 0 rings (SSSR count). The van der Waals surface area contributed by atoms with Crippen molar-refractivity contribution in [3.8, 4) is 0 Å². The average molecular weight is 340 g/mol. The lowest BCUT2D eigenvalue weighted by atomic mass is 10.2. The summed E-state index contributed by atoms with van der Waals surface area (Å²) in [5.41, 5.74) is -0.833. The van der Waals surface area contributed by atoms with Crippen molar-refractivity contribution in [1.82, 2.24) is 0 Å². The van der Waals surface area contributed by atoms with Gasteiger partial charge in [-0.25, -0.2) is 0 Å². The average Bonchev–Trinajstić information content (AvgIpc) is 2.20. The van der Waals surface area contributed by atoms with Crippen molar-refractivity contribution >= 4 is 27.4 Å². The molecule has 0 fully saturated rings. The van der Waals surface area contributed by atoms with Crippen molar-refractivity contribution < 1.29 is 0 Å². The fourth-order valence-electron chi connectivity index (χ4n) is 1.97. The third-order valence-electron chi connectivity index (χ3n) is 3.10. The van der Waals surface area contributed by atoms with Gasteiger partial charge in [-0.2, -0.15) is 0 Å². The molecule has 0 unspecified atom stereocenters. The summed E-state index contributed by atoms with van der Waals surface area (Å²) >= 11 is 2.82. The summed E-state index contributed by atoms with van der Waals surface area (Å²) in [6.07, 6.45) is 11.6. The third-order valence-corrected chi connectivity index (χ3v) is 9.13. The molecule has 0 nitrogen and oxygen atoms in total. The number of unbranched alkanes of at least 4 members (excludes halogenated alkanes) is 6. The summed E-state index contributed by atoms with van der Waals surface area (Å²) < 4.78 is 0. The quantitative estimate of drug-likeness (QED) is 0.193. The Balaban J connectivity index is 3.40. The van der Waals surface area contributed by atoms with Crippen LogP contribution in [0.5, 0.6) is 0 Å². The van der Waals surface area contributed by atoms with Crippen molar-refractivity contribution in [3.63, 3.8) is 0 Å². The van der Waals surface area contributed by atoms with Gasteiger partial charge in [0.1, 0.15) is 5.57 Å². The highest BCUT2D eigenvalue weighted by Crippen LogP contribution is 2.28. The molecule has 0 aromatic heterocycles. The van der Waals surface area contributed by atoms with E-state index in [1.807, 2.05) is 0 Å². The highest BCUT2D eigenvalue weighted by Gasteiger charge is 2.21. The lowest BCUT2D eigenvalue weighted by Gasteiger charge is -2.19.